The summed E-state index contributed by atoms with van der Waals surface area (Å²) in [6, 6.07) is 13.1. The minimum absolute atomic E-state index is 0.0801. The molecule has 0 aliphatic carbocycles. The number of rotatable bonds is 6. The predicted octanol–water partition coefficient (Wildman–Crippen LogP) is 4.40. The highest BCUT2D eigenvalue weighted by Gasteiger charge is 2.18. The van der Waals surface area contributed by atoms with Gasteiger partial charge in [0, 0.05) is 17.6 Å². The van der Waals surface area contributed by atoms with Crippen LogP contribution in [0.1, 0.15) is 12.5 Å². The maximum atomic E-state index is 11.3. The Morgan fingerprint density at radius 1 is 1.10 bits per heavy atom. The van der Waals surface area contributed by atoms with E-state index in [0.717, 1.165) is 10.0 Å². The molecule has 0 bridgehead atoms. The van der Waals surface area contributed by atoms with Gasteiger partial charge in [0.2, 0.25) is 0 Å². The molecule has 0 aliphatic heterocycles. The molecule has 0 fully saturated rings. The van der Waals surface area contributed by atoms with Crippen molar-refractivity contribution in [3.05, 3.63) is 62.6 Å². The smallest absolute Gasteiger partial charge is 0.315 e. The third-order valence-electron chi connectivity index (χ3n) is 2.98. The van der Waals surface area contributed by atoms with Crippen LogP contribution in [-0.4, -0.2) is 11.5 Å². The normalized spacial score (nSPS) is 10.2. The van der Waals surface area contributed by atoms with Crippen molar-refractivity contribution in [2.45, 2.75) is 13.5 Å². The van der Waals surface area contributed by atoms with E-state index in [4.69, 9.17) is 0 Å². The van der Waals surface area contributed by atoms with Crippen molar-refractivity contribution in [1.29, 1.82) is 0 Å². The van der Waals surface area contributed by atoms with Crippen molar-refractivity contribution in [2.75, 3.05) is 17.2 Å². The van der Waals surface area contributed by atoms with E-state index in [0.29, 0.717) is 24.5 Å². The molecule has 2 rings (SSSR count). The Labute approximate surface area is 131 Å². The van der Waals surface area contributed by atoms with Crippen molar-refractivity contribution in [2.24, 2.45) is 0 Å². The minimum Gasteiger partial charge on any atom is -0.380 e. The Balaban J connectivity index is 2.21. The van der Waals surface area contributed by atoms with Crippen LogP contribution in [0.15, 0.2) is 46.9 Å². The molecule has 0 atom stereocenters. The zero-order chi connectivity index (χ0) is 15.2. The van der Waals surface area contributed by atoms with E-state index in [1.807, 2.05) is 31.2 Å². The van der Waals surface area contributed by atoms with Crippen molar-refractivity contribution in [3.63, 3.8) is 0 Å². The topological polar surface area (TPSA) is 67.2 Å². The van der Waals surface area contributed by atoms with E-state index in [-0.39, 0.29) is 10.6 Å². The first-order chi connectivity index (χ1) is 10.1. The fraction of sp³-hybridized carbons (Fsp3) is 0.200. The predicted molar refractivity (Wildman–Crippen MR) is 88.7 cm³/mol. The fourth-order valence-corrected chi connectivity index (χ4v) is 2.28. The van der Waals surface area contributed by atoms with Gasteiger partial charge in [-0.15, -0.1) is 0 Å². The maximum Gasteiger partial charge on any atom is 0.315 e. The molecular weight excluding hydrogens is 334 g/mol. The summed E-state index contributed by atoms with van der Waals surface area (Å²) in [7, 11) is 0. The molecule has 0 heterocycles. The summed E-state index contributed by atoms with van der Waals surface area (Å²) in [6.07, 6.45) is 0. The van der Waals surface area contributed by atoms with Crippen molar-refractivity contribution < 1.29 is 4.92 Å². The number of nitrogens with one attached hydrogen (secondary N) is 2. The number of nitro groups is 1. The molecule has 2 aromatic rings. The quantitative estimate of drug-likeness (QED) is 0.599. The molecule has 0 saturated heterocycles. The molecule has 110 valence electrons. The molecule has 0 aliphatic rings. The number of nitrogens with zero attached hydrogens (tertiary/aromatic N) is 1. The van der Waals surface area contributed by atoms with E-state index in [2.05, 4.69) is 26.6 Å². The molecule has 5 nitrogen and oxygen atoms in total. The van der Waals surface area contributed by atoms with Gasteiger partial charge < -0.3 is 10.6 Å². The third kappa shape index (κ3) is 3.95. The Hall–Kier alpha value is -2.08. The summed E-state index contributed by atoms with van der Waals surface area (Å²) in [5, 5.41) is 17.4. The Bertz CT molecular complexity index is 629. The lowest BCUT2D eigenvalue weighted by atomic mass is 10.2. The van der Waals surface area contributed by atoms with Crippen LogP contribution in [0.3, 0.4) is 0 Å². The molecule has 0 aromatic heterocycles. The monoisotopic (exact) mass is 349 g/mol. The first kappa shape index (κ1) is 15.3. The van der Waals surface area contributed by atoms with Crippen molar-refractivity contribution >= 4 is 33.0 Å². The molecule has 0 spiro atoms. The van der Waals surface area contributed by atoms with Gasteiger partial charge >= 0.3 is 5.69 Å². The molecular formula is C15H16BrN3O2. The highest BCUT2D eigenvalue weighted by molar-refractivity contribution is 9.10. The van der Waals surface area contributed by atoms with Gasteiger partial charge in [-0.05, 0) is 36.8 Å². The van der Waals surface area contributed by atoms with Crippen LogP contribution in [-0.2, 0) is 6.54 Å². The average Bonchev–Trinajstić information content (AvgIpc) is 2.47. The SMILES string of the molecule is CCNc1cccc(NCc2ccc(Br)cc2)c1[N+](=O)[O-]. The molecule has 0 saturated carbocycles. The first-order valence-electron chi connectivity index (χ1n) is 6.61. The number of benzene rings is 2. The van der Waals surface area contributed by atoms with Gasteiger partial charge in [-0.25, -0.2) is 0 Å². The lowest BCUT2D eigenvalue weighted by Gasteiger charge is -2.11. The molecule has 0 radical (unpaired) electrons. The second-order valence-electron chi connectivity index (χ2n) is 4.47. The van der Waals surface area contributed by atoms with E-state index in [1.165, 1.54) is 0 Å². The maximum absolute atomic E-state index is 11.3. The second-order valence-corrected chi connectivity index (χ2v) is 5.38. The second kappa shape index (κ2) is 7.08. The van der Waals surface area contributed by atoms with Gasteiger partial charge in [-0.1, -0.05) is 34.1 Å². The largest absolute Gasteiger partial charge is 0.380 e. The summed E-state index contributed by atoms with van der Waals surface area (Å²) in [5.74, 6) is 0. The van der Waals surface area contributed by atoms with Crippen LogP contribution in [0.2, 0.25) is 0 Å². The van der Waals surface area contributed by atoms with Crippen LogP contribution in [0.25, 0.3) is 0 Å². The van der Waals surface area contributed by atoms with Crippen LogP contribution in [0.5, 0.6) is 0 Å². The summed E-state index contributed by atoms with van der Waals surface area (Å²) < 4.78 is 1.01. The number of hydrogen-bond donors (Lipinski definition) is 2. The van der Waals surface area contributed by atoms with Gasteiger partial charge in [0.1, 0.15) is 11.4 Å². The number of halogens is 1. The van der Waals surface area contributed by atoms with Crippen LogP contribution >= 0.6 is 15.9 Å². The Morgan fingerprint density at radius 3 is 2.29 bits per heavy atom. The zero-order valence-corrected chi connectivity index (χ0v) is 13.2. The fourth-order valence-electron chi connectivity index (χ4n) is 2.02. The lowest BCUT2D eigenvalue weighted by molar-refractivity contribution is -0.383. The molecule has 2 N–H and O–H groups in total. The summed E-state index contributed by atoms with van der Waals surface area (Å²) >= 11 is 3.38. The zero-order valence-electron chi connectivity index (χ0n) is 11.6. The minimum atomic E-state index is -0.359. The van der Waals surface area contributed by atoms with E-state index < -0.39 is 0 Å². The molecule has 0 amide bonds. The van der Waals surface area contributed by atoms with Gasteiger partial charge in [-0.3, -0.25) is 10.1 Å². The summed E-state index contributed by atoms with van der Waals surface area (Å²) in [4.78, 5) is 10.9. The van der Waals surface area contributed by atoms with Gasteiger partial charge in [-0.2, -0.15) is 0 Å². The van der Waals surface area contributed by atoms with E-state index in [1.54, 1.807) is 18.2 Å². The summed E-state index contributed by atoms with van der Waals surface area (Å²) in [6.45, 7) is 3.08. The third-order valence-corrected chi connectivity index (χ3v) is 3.51. The molecule has 6 heteroatoms. The highest BCUT2D eigenvalue weighted by atomic mass is 79.9. The highest BCUT2D eigenvalue weighted by Crippen LogP contribution is 2.33. The van der Waals surface area contributed by atoms with Gasteiger partial charge in [0.05, 0.1) is 4.92 Å². The van der Waals surface area contributed by atoms with Crippen LogP contribution in [0.4, 0.5) is 17.1 Å². The van der Waals surface area contributed by atoms with E-state index >= 15 is 0 Å². The van der Waals surface area contributed by atoms with Gasteiger partial charge in [0.15, 0.2) is 0 Å². The van der Waals surface area contributed by atoms with Crippen LogP contribution < -0.4 is 10.6 Å². The molecule has 21 heavy (non-hydrogen) atoms. The number of para-hydroxylation sites is 1. The van der Waals surface area contributed by atoms with Gasteiger partial charge in [0.25, 0.3) is 0 Å². The van der Waals surface area contributed by atoms with Crippen LogP contribution in [0, 0.1) is 10.1 Å². The first-order valence-corrected chi connectivity index (χ1v) is 7.40. The Morgan fingerprint density at radius 2 is 1.71 bits per heavy atom. The number of anilines is 2. The van der Waals surface area contributed by atoms with E-state index in [9.17, 15) is 10.1 Å². The molecule has 2 aromatic carbocycles. The number of nitro benzene ring substituents is 1. The standard InChI is InChI=1S/C15H16BrN3O2/c1-2-17-13-4-3-5-14(15(13)19(20)21)18-10-11-6-8-12(16)9-7-11/h3-9,17-18H,2,10H2,1H3. The summed E-state index contributed by atoms with van der Waals surface area (Å²) in [5.41, 5.74) is 2.18. The lowest BCUT2D eigenvalue weighted by Crippen LogP contribution is -2.06. The van der Waals surface area contributed by atoms with Crippen molar-refractivity contribution in [1.82, 2.24) is 0 Å². The number of hydrogen-bond acceptors (Lipinski definition) is 4. The Kier molecular flexibility index (Phi) is 5.16. The average molecular weight is 350 g/mol. The van der Waals surface area contributed by atoms with Crippen molar-refractivity contribution in [3.8, 4) is 0 Å². The molecule has 0 unspecified atom stereocenters.